The lowest BCUT2D eigenvalue weighted by Crippen LogP contribution is -2.48. The highest BCUT2D eigenvalue weighted by Crippen LogP contribution is 2.36. The van der Waals surface area contributed by atoms with Crippen LogP contribution in [0.2, 0.25) is 0 Å². The lowest BCUT2D eigenvalue weighted by atomic mass is 9.86. The third-order valence-electron chi connectivity index (χ3n) is 5.56. The molecular weight excluding hydrogens is 330 g/mol. The largest absolute Gasteiger partial charge is 0.497 e. The molecule has 1 saturated heterocycles. The van der Waals surface area contributed by atoms with E-state index in [1.165, 1.54) is 0 Å². The van der Waals surface area contributed by atoms with Gasteiger partial charge in [-0.2, -0.15) is 5.10 Å². The number of hydrogen-bond acceptors (Lipinski definition) is 4. The maximum Gasteiger partial charge on any atom is 0.257 e. The average Bonchev–Trinajstić information content (AvgIpc) is 3.20. The van der Waals surface area contributed by atoms with Crippen molar-refractivity contribution in [2.24, 2.45) is 7.05 Å². The molecule has 1 N–H and O–H groups in total. The number of carbonyl (C=O) groups is 1. The number of likely N-dealkylation sites (tertiary alicyclic amines) is 1. The van der Waals surface area contributed by atoms with Crippen molar-refractivity contribution in [2.75, 3.05) is 13.7 Å². The first-order valence-corrected chi connectivity index (χ1v) is 8.95. The first-order chi connectivity index (χ1) is 12.3. The van der Waals surface area contributed by atoms with E-state index in [9.17, 15) is 9.90 Å². The Morgan fingerprint density at radius 2 is 1.96 bits per heavy atom. The summed E-state index contributed by atoms with van der Waals surface area (Å²) in [4.78, 5) is 15.0. The molecule has 1 aliphatic heterocycles. The summed E-state index contributed by atoms with van der Waals surface area (Å²) in [5.41, 5.74) is 1.86. The molecule has 1 aliphatic rings. The summed E-state index contributed by atoms with van der Waals surface area (Å²) in [6, 6.07) is 7.11. The number of aliphatic hydroxyl groups is 1. The van der Waals surface area contributed by atoms with Gasteiger partial charge in [0.2, 0.25) is 0 Å². The topological polar surface area (TPSA) is 67.6 Å². The highest BCUT2D eigenvalue weighted by Gasteiger charge is 2.43. The number of nitrogens with zero attached hydrogens (tertiary/aromatic N) is 3. The lowest BCUT2D eigenvalue weighted by molar-refractivity contribution is -0.0177. The number of benzene rings is 1. The van der Waals surface area contributed by atoms with Crippen LogP contribution in [0.15, 0.2) is 24.3 Å². The SMILES string of the molecule is COc1ccc([C@](C)(O)[C@@H]2CCCN2C(=O)c2c(C)nn(C)c2C)cc1. The van der Waals surface area contributed by atoms with Crippen molar-refractivity contribution in [3.05, 3.63) is 46.8 Å². The summed E-state index contributed by atoms with van der Waals surface area (Å²) >= 11 is 0. The van der Waals surface area contributed by atoms with E-state index in [2.05, 4.69) is 5.10 Å². The molecule has 1 fully saturated rings. The minimum Gasteiger partial charge on any atom is -0.497 e. The third kappa shape index (κ3) is 2.98. The van der Waals surface area contributed by atoms with Crippen LogP contribution in [0, 0.1) is 13.8 Å². The minimum absolute atomic E-state index is 0.0515. The van der Waals surface area contributed by atoms with Crippen molar-refractivity contribution in [3.63, 3.8) is 0 Å². The minimum atomic E-state index is -1.14. The molecule has 6 heteroatoms. The molecule has 0 unspecified atom stereocenters. The maximum atomic E-state index is 13.2. The summed E-state index contributed by atoms with van der Waals surface area (Å²) in [6.07, 6.45) is 1.64. The highest BCUT2D eigenvalue weighted by molar-refractivity contribution is 5.96. The number of methoxy groups -OCH3 is 1. The zero-order valence-corrected chi connectivity index (χ0v) is 16.1. The van der Waals surface area contributed by atoms with Crippen LogP contribution in [0.4, 0.5) is 0 Å². The Kier molecular flexibility index (Phi) is 4.80. The molecule has 2 aromatic rings. The lowest BCUT2D eigenvalue weighted by Gasteiger charge is -2.37. The molecule has 1 amide bonds. The van der Waals surface area contributed by atoms with E-state index in [1.54, 1.807) is 23.6 Å². The van der Waals surface area contributed by atoms with Crippen molar-refractivity contribution >= 4 is 5.91 Å². The van der Waals surface area contributed by atoms with Gasteiger partial charge in [-0.05, 0) is 51.3 Å². The van der Waals surface area contributed by atoms with E-state index >= 15 is 0 Å². The van der Waals surface area contributed by atoms with E-state index in [1.807, 2.05) is 45.2 Å². The maximum absolute atomic E-state index is 13.2. The molecule has 140 valence electrons. The van der Waals surface area contributed by atoms with E-state index < -0.39 is 5.60 Å². The second-order valence-corrected chi connectivity index (χ2v) is 7.20. The summed E-state index contributed by atoms with van der Waals surface area (Å²) in [7, 11) is 3.46. The van der Waals surface area contributed by atoms with Crippen LogP contribution in [-0.4, -0.2) is 45.4 Å². The van der Waals surface area contributed by atoms with Crippen LogP contribution in [0.3, 0.4) is 0 Å². The van der Waals surface area contributed by atoms with Crippen molar-refractivity contribution in [3.8, 4) is 5.75 Å². The fraction of sp³-hybridized carbons (Fsp3) is 0.500. The molecule has 6 nitrogen and oxygen atoms in total. The van der Waals surface area contributed by atoms with E-state index in [0.29, 0.717) is 12.1 Å². The first kappa shape index (κ1) is 18.5. The van der Waals surface area contributed by atoms with Crippen LogP contribution < -0.4 is 4.74 Å². The molecule has 0 bridgehead atoms. The number of hydrogen-bond donors (Lipinski definition) is 1. The molecule has 2 heterocycles. The summed E-state index contributed by atoms with van der Waals surface area (Å²) in [5.74, 6) is 0.690. The van der Waals surface area contributed by atoms with Gasteiger partial charge in [-0.1, -0.05) is 12.1 Å². The van der Waals surface area contributed by atoms with Gasteiger partial charge in [-0.25, -0.2) is 0 Å². The smallest absolute Gasteiger partial charge is 0.257 e. The number of aromatic nitrogens is 2. The third-order valence-corrected chi connectivity index (χ3v) is 5.56. The summed E-state index contributed by atoms with van der Waals surface area (Å²) in [6.45, 7) is 6.18. The van der Waals surface area contributed by atoms with Crippen LogP contribution >= 0.6 is 0 Å². The van der Waals surface area contributed by atoms with Gasteiger partial charge >= 0.3 is 0 Å². The van der Waals surface area contributed by atoms with Crippen LogP contribution in [-0.2, 0) is 12.6 Å². The number of aryl methyl sites for hydroxylation is 2. The molecule has 2 atom stereocenters. The molecule has 0 aliphatic carbocycles. The predicted molar refractivity (Wildman–Crippen MR) is 99.3 cm³/mol. The van der Waals surface area contributed by atoms with Crippen LogP contribution in [0.5, 0.6) is 5.75 Å². The van der Waals surface area contributed by atoms with Crippen molar-refractivity contribution in [1.29, 1.82) is 0 Å². The molecule has 0 spiro atoms. The Bertz CT molecular complexity index is 808. The highest BCUT2D eigenvalue weighted by atomic mass is 16.5. The van der Waals surface area contributed by atoms with Gasteiger partial charge in [0.05, 0.1) is 24.4 Å². The summed E-state index contributed by atoms with van der Waals surface area (Å²) in [5, 5.41) is 15.7. The van der Waals surface area contributed by atoms with Gasteiger partial charge in [0.15, 0.2) is 0 Å². The zero-order chi connectivity index (χ0) is 19.1. The molecule has 1 aromatic heterocycles. The fourth-order valence-electron chi connectivity index (χ4n) is 3.94. The van der Waals surface area contributed by atoms with E-state index in [-0.39, 0.29) is 11.9 Å². The second kappa shape index (κ2) is 6.76. The van der Waals surface area contributed by atoms with Gasteiger partial charge in [-0.3, -0.25) is 9.48 Å². The quantitative estimate of drug-likeness (QED) is 0.913. The van der Waals surface area contributed by atoms with Gasteiger partial charge in [0.25, 0.3) is 5.91 Å². The fourth-order valence-corrected chi connectivity index (χ4v) is 3.94. The van der Waals surface area contributed by atoms with Crippen LogP contribution in [0.1, 0.15) is 47.1 Å². The van der Waals surface area contributed by atoms with Crippen molar-refractivity contribution in [2.45, 2.75) is 45.3 Å². The molecule has 0 saturated carbocycles. The van der Waals surface area contributed by atoms with Crippen LogP contribution in [0.25, 0.3) is 0 Å². The zero-order valence-electron chi connectivity index (χ0n) is 16.1. The summed E-state index contributed by atoms with van der Waals surface area (Å²) < 4.78 is 6.93. The number of amides is 1. The average molecular weight is 357 g/mol. The monoisotopic (exact) mass is 357 g/mol. The molecule has 3 rings (SSSR count). The Balaban J connectivity index is 1.92. The van der Waals surface area contributed by atoms with Crippen molar-refractivity contribution in [1.82, 2.24) is 14.7 Å². The number of carbonyl (C=O) groups excluding carboxylic acids is 1. The van der Waals surface area contributed by atoms with Gasteiger partial charge < -0.3 is 14.7 Å². The Morgan fingerprint density at radius 1 is 1.31 bits per heavy atom. The van der Waals surface area contributed by atoms with E-state index in [0.717, 1.165) is 35.5 Å². The number of ether oxygens (including phenoxy) is 1. The van der Waals surface area contributed by atoms with Gasteiger partial charge in [0, 0.05) is 19.3 Å². The molecule has 1 aromatic carbocycles. The Hall–Kier alpha value is -2.34. The second-order valence-electron chi connectivity index (χ2n) is 7.20. The van der Waals surface area contributed by atoms with Crippen molar-refractivity contribution < 1.29 is 14.6 Å². The predicted octanol–water partition coefficient (Wildman–Crippen LogP) is 2.56. The first-order valence-electron chi connectivity index (χ1n) is 8.95. The van der Waals surface area contributed by atoms with E-state index in [4.69, 9.17) is 4.74 Å². The molecule has 0 radical (unpaired) electrons. The standard InChI is InChI=1S/C20H27N3O3/c1-13-18(14(2)22(4)21-13)19(24)23-12-6-7-17(23)20(3,25)15-8-10-16(26-5)11-9-15/h8-11,17,25H,6-7,12H2,1-5H3/t17-,20-/m0/s1. The van der Waals surface area contributed by atoms with Gasteiger partial charge in [0.1, 0.15) is 11.4 Å². The Morgan fingerprint density at radius 3 is 2.50 bits per heavy atom. The van der Waals surface area contributed by atoms with Gasteiger partial charge in [-0.15, -0.1) is 0 Å². The Labute approximate surface area is 154 Å². The normalized spacial score (nSPS) is 19.5. The molecular formula is C20H27N3O3. The number of rotatable bonds is 4. The molecule has 26 heavy (non-hydrogen) atoms.